The van der Waals surface area contributed by atoms with Crippen LogP contribution in [0.3, 0.4) is 0 Å². The van der Waals surface area contributed by atoms with Gasteiger partial charge in [-0.25, -0.2) is 0 Å². The molecule has 0 unspecified atom stereocenters. The summed E-state index contributed by atoms with van der Waals surface area (Å²) in [5.74, 6) is 0. The van der Waals surface area contributed by atoms with Crippen LogP contribution in [0.4, 0.5) is 0 Å². The summed E-state index contributed by atoms with van der Waals surface area (Å²) in [6.45, 7) is 2.12. The molecule has 0 aliphatic rings. The average Bonchev–Trinajstić information content (AvgIpc) is 2.33. The van der Waals surface area contributed by atoms with E-state index in [-0.39, 0.29) is 0 Å². The van der Waals surface area contributed by atoms with E-state index in [1.165, 1.54) is 22.3 Å². The maximum absolute atomic E-state index is 3.53. The summed E-state index contributed by atoms with van der Waals surface area (Å²) < 4.78 is 0. The summed E-state index contributed by atoms with van der Waals surface area (Å²) in [4.78, 5) is 0. The monoisotopic (exact) mass is 274 g/mol. The van der Waals surface area contributed by atoms with Gasteiger partial charge in [0, 0.05) is 5.33 Å². The van der Waals surface area contributed by atoms with Gasteiger partial charge in [-0.1, -0.05) is 70.0 Å². The minimum atomic E-state index is 0.926. The van der Waals surface area contributed by atoms with Gasteiger partial charge in [0.1, 0.15) is 0 Å². The molecule has 0 saturated carbocycles. The first-order valence-electron chi connectivity index (χ1n) is 5.48. The van der Waals surface area contributed by atoms with Gasteiger partial charge in [-0.3, -0.25) is 0 Å². The molecule has 0 aliphatic heterocycles. The van der Waals surface area contributed by atoms with E-state index in [2.05, 4.69) is 71.4 Å². The lowest BCUT2D eigenvalue weighted by molar-refractivity contribution is 1.15. The van der Waals surface area contributed by atoms with Crippen LogP contribution < -0.4 is 0 Å². The number of alkyl halides is 1. The maximum atomic E-state index is 3.53. The Morgan fingerprint density at radius 3 is 2.12 bits per heavy atom. The van der Waals surface area contributed by atoms with Crippen molar-refractivity contribution in [2.45, 2.75) is 18.7 Å². The number of hydrogen-bond acceptors (Lipinski definition) is 0. The van der Waals surface area contributed by atoms with Gasteiger partial charge in [-0.15, -0.1) is 0 Å². The molecule has 0 saturated heterocycles. The van der Waals surface area contributed by atoms with E-state index >= 15 is 0 Å². The van der Waals surface area contributed by atoms with Crippen molar-refractivity contribution >= 4 is 15.9 Å². The number of hydrogen-bond donors (Lipinski definition) is 0. The fraction of sp³-hybridized carbons (Fsp3) is 0.200. The Labute approximate surface area is 105 Å². The lowest BCUT2D eigenvalue weighted by Gasteiger charge is -2.07. The molecule has 0 amide bonds. The molecule has 0 heterocycles. The van der Waals surface area contributed by atoms with Crippen LogP contribution in [-0.2, 0) is 11.8 Å². The van der Waals surface area contributed by atoms with Crippen LogP contribution in [0.1, 0.15) is 22.3 Å². The van der Waals surface area contributed by atoms with Gasteiger partial charge in [0.15, 0.2) is 0 Å². The Morgan fingerprint density at radius 2 is 1.50 bits per heavy atom. The topological polar surface area (TPSA) is 0 Å². The van der Waals surface area contributed by atoms with E-state index in [1.54, 1.807) is 0 Å². The second kappa shape index (κ2) is 5.31. The molecular formula is C15H15Br. The predicted octanol–water partition coefficient (Wildman–Crippen LogP) is 4.48. The highest BCUT2D eigenvalue weighted by Crippen LogP contribution is 2.17. The average molecular weight is 275 g/mol. The van der Waals surface area contributed by atoms with Crippen molar-refractivity contribution in [1.82, 2.24) is 0 Å². The Bertz CT molecular complexity index is 457. The standard InChI is InChI=1S/C15H15Br/c1-12-6-8-13(9-7-12)10-14-4-2-3-5-15(14)11-16/h2-9H,10-11H2,1H3. The molecule has 0 N–H and O–H groups in total. The third-order valence-electron chi connectivity index (χ3n) is 2.78. The van der Waals surface area contributed by atoms with Gasteiger partial charge in [-0.05, 0) is 30.0 Å². The highest BCUT2D eigenvalue weighted by Gasteiger charge is 2.01. The molecule has 0 radical (unpaired) electrons. The van der Waals surface area contributed by atoms with Gasteiger partial charge in [0.05, 0.1) is 0 Å². The first kappa shape index (κ1) is 11.4. The summed E-state index contributed by atoms with van der Waals surface area (Å²) >= 11 is 3.53. The number of benzene rings is 2. The lowest BCUT2D eigenvalue weighted by Crippen LogP contribution is -1.93. The molecule has 2 rings (SSSR count). The van der Waals surface area contributed by atoms with E-state index in [9.17, 15) is 0 Å². The lowest BCUT2D eigenvalue weighted by atomic mass is 10.00. The van der Waals surface area contributed by atoms with Gasteiger partial charge < -0.3 is 0 Å². The maximum Gasteiger partial charge on any atom is 0.0285 e. The zero-order valence-electron chi connectivity index (χ0n) is 9.41. The third-order valence-corrected chi connectivity index (χ3v) is 3.38. The molecule has 0 nitrogen and oxygen atoms in total. The van der Waals surface area contributed by atoms with Crippen LogP contribution >= 0.6 is 15.9 Å². The smallest absolute Gasteiger partial charge is 0.0285 e. The van der Waals surface area contributed by atoms with Crippen LogP contribution in [0.2, 0.25) is 0 Å². The number of rotatable bonds is 3. The Morgan fingerprint density at radius 1 is 0.875 bits per heavy atom. The van der Waals surface area contributed by atoms with Gasteiger partial charge in [-0.2, -0.15) is 0 Å². The molecule has 0 atom stereocenters. The molecule has 82 valence electrons. The molecule has 0 aromatic heterocycles. The molecular weight excluding hydrogens is 260 g/mol. The summed E-state index contributed by atoms with van der Waals surface area (Å²) in [5.41, 5.74) is 5.47. The van der Waals surface area contributed by atoms with E-state index in [0.717, 1.165) is 11.8 Å². The minimum Gasteiger partial charge on any atom is -0.0876 e. The molecule has 0 spiro atoms. The highest BCUT2D eigenvalue weighted by molar-refractivity contribution is 9.08. The third kappa shape index (κ3) is 2.73. The zero-order valence-corrected chi connectivity index (χ0v) is 11.0. The number of aryl methyl sites for hydroxylation is 1. The van der Waals surface area contributed by atoms with Crippen LogP contribution in [0.25, 0.3) is 0 Å². The van der Waals surface area contributed by atoms with Crippen molar-refractivity contribution in [2.24, 2.45) is 0 Å². The SMILES string of the molecule is Cc1ccc(Cc2ccccc2CBr)cc1. The van der Waals surface area contributed by atoms with Crippen LogP contribution in [0.15, 0.2) is 48.5 Å². The van der Waals surface area contributed by atoms with Crippen molar-refractivity contribution < 1.29 is 0 Å². The van der Waals surface area contributed by atoms with E-state index in [1.807, 2.05) is 0 Å². The zero-order chi connectivity index (χ0) is 11.4. The van der Waals surface area contributed by atoms with Crippen LogP contribution in [0.5, 0.6) is 0 Å². The van der Waals surface area contributed by atoms with Gasteiger partial charge in [0.2, 0.25) is 0 Å². The molecule has 2 aromatic rings. The summed E-state index contributed by atoms with van der Waals surface area (Å²) in [7, 11) is 0. The summed E-state index contributed by atoms with van der Waals surface area (Å²) in [6, 6.07) is 17.3. The molecule has 0 aliphatic carbocycles. The van der Waals surface area contributed by atoms with E-state index < -0.39 is 0 Å². The quantitative estimate of drug-likeness (QED) is 0.724. The Kier molecular flexibility index (Phi) is 3.79. The minimum absolute atomic E-state index is 0.926. The molecule has 1 heteroatoms. The first-order chi connectivity index (χ1) is 7.79. The summed E-state index contributed by atoms with van der Waals surface area (Å²) in [6.07, 6.45) is 1.02. The highest BCUT2D eigenvalue weighted by atomic mass is 79.9. The fourth-order valence-corrected chi connectivity index (χ4v) is 2.33. The predicted molar refractivity (Wildman–Crippen MR) is 73.1 cm³/mol. The largest absolute Gasteiger partial charge is 0.0876 e. The normalized spacial score (nSPS) is 10.4. The van der Waals surface area contributed by atoms with E-state index in [0.29, 0.717) is 0 Å². The van der Waals surface area contributed by atoms with Crippen molar-refractivity contribution in [3.8, 4) is 0 Å². The van der Waals surface area contributed by atoms with E-state index in [4.69, 9.17) is 0 Å². The summed E-state index contributed by atoms with van der Waals surface area (Å²) in [5, 5.41) is 0.926. The van der Waals surface area contributed by atoms with Crippen LogP contribution in [0, 0.1) is 6.92 Å². The first-order valence-corrected chi connectivity index (χ1v) is 6.60. The number of halogens is 1. The fourth-order valence-electron chi connectivity index (χ4n) is 1.79. The van der Waals surface area contributed by atoms with Gasteiger partial charge >= 0.3 is 0 Å². The van der Waals surface area contributed by atoms with Crippen LogP contribution in [-0.4, -0.2) is 0 Å². The van der Waals surface area contributed by atoms with Crippen molar-refractivity contribution in [1.29, 1.82) is 0 Å². The Hall–Kier alpha value is -1.08. The second-order valence-electron chi connectivity index (χ2n) is 4.06. The Balaban J connectivity index is 2.23. The molecule has 2 aromatic carbocycles. The van der Waals surface area contributed by atoms with Crippen molar-refractivity contribution in [3.05, 3.63) is 70.8 Å². The molecule has 0 bridgehead atoms. The van der Waals surface area contributed by atoms with Crippen molar-refractivity contribution in [3.63, 3.8) is 0 Å². The second-order valence-corrected chi connectivity index (χ2v) is 4.63. The molecule has 16 heavy (non-hydrogen) atoms. The van der Waals surface area contributed by atoms with Gasteiger partial charge in [0.25, 0.3) is 0 Å². The molecule has 0 fully saturated rings. The van der Waals surface area contributed by atoms with Crippen molar-refractivity contribution in [2.75, 3.05) is 0 Å².